The van der Waals surface area contributed by atoms with Crippen LogP contribution in [0.2, 0.25) is 0 Å². The first-order valence-electron chi connectivity index (χ1n) is 16.5. The number of benzene rings is 2. The number of aromatic nitrogens is 3. The lowest BCUT2D eigenvalue weighted by Crippen LogP contribution is -2.23. The zero-order chi connectivity index (χ0) is 32.3. The summed E-state index contributed by atoms with van der Waals surface area (Å²) < 4.78 is 18.8. The summed E-state index contributed by atoms with van der Waals surface area (Å²) in [5, 5.41) is 5.66. The third kappa shape index (κ3) is 7.96. The van der Waals surface area contributed by atoms with Crippen molar-refractivity contribution in [2.75, 3.05) is 38.8 Å². The highest BCUT2D eigenvalue weighted by molar-refractivity contribution is 6.01. The van der Waals surface area contributed by atoms with Crippen molar-refractivity contribution in [3.8, 4) is 22.6 Å². The molecule has 0 bridgehead atoms. The number of hydrogen-bond donors (Lipinski definition) is 0. The smallest absolute Gasteiger partial charge is 0.359 e. The molecule has 0 saturated carbocycles. The van der Waals surface area contributed by atoms with E-state index in [1.807, 2.05) is 25.1 Å². The quantitative estimate of drug-likeness (QED) is 0.0890. The van der Waals surface area contributed by atoms with Crippen molar-refractivity contribution in [2.45, 2.75) is 86.0 Å². The van der Waals surface area contributed by atoms with E-state index in [0.29, 0.717) is 34.9 Å². The average molecular weight is 615 g/mol. The summed E-state index contributed by atoms with van der Waals surface area (Å²) in [5.74, 6) is 0.768. The van der Waals surface area contributed by atoms with Crippen molar-refractivity contribution in [1.82, 2.24) is 14.6 Å². The van der Waals surface area contributed by atoms with Gasteiger partial charge in [-0.3, -0.25) is 0 Å². The first-order valence-corrected chi connectivity index (χ1v) is 16.5. The van der Waals surface area contributed by atoms with Crippen molar-refractivity contribution in [3.63, 3.8) is 0 Å². The normalized spacial score (nSPS) is 11.8. The number of esters is 1. The summed E-state index contributed by atoms with van der Waals surface area (Å²) in [4.78, 5) is 20.9. The molecule has 2 aromatic carbocycles. The van der Waals surface area contributed by atoms with Crippen LogP contribution in [0.4, 0.5) is 5.69 Å². The molecular weight excluding hydrogens is 564 g/mol. The highest BCUT2D eigenvalue weighted by Gasteiger charge is 2.27. The zero-order valence-electron chi connectivity index (χ0n) is 28.2. The summed E-state index contributed by atoms with van der Waals surface area (Å²) in [5.41, 5.74) is 6.31. The molecule has 4 rings (SSSR count). The number of hydrogen-bond acceptors (Lipinski definition) is 7. The number of methoxy groups -OCH3 is 2. The Morgan fingerprint density at radius 1 is 0.911 bits per heavy atom. The monoisotopic (exact) mass is 614 g/mol. The maximum absolute atomic E-state index is 13.6. The zero-order valence-corrected chi connectivity index (χ0v) is 28.2. The molecule has 0 amide bonds. The SMILES string of the molecule is CCCCCCCCOC(=O)c1nn2/c(=C\c3ccc(N(CC)CCCC)cc3C)c(C)nc2c1-c1cc(OC)ccc1OC. The van der Waals surface area contributed by atoms with E-state index >= 15 is 0 Å². The van der Waals surface area contributed by atoms with Crippen LogP contribution in [0.25, 0.3) is 22.9 Å². The third-order valence-electron chi connectivity index (χ3n) is 8.41. The van der Waals surface area contributed by atoms with E-state index in [0.717, 1.165) is 54.5 Å². The van der Waals surface area contributed by atoms with Crippen LogP contribution in [0.15, 0.2) is 36.4 Å². The number of imidazole rings is 1. The Bertz CT molecular complexity index is 1630. The Kier molecular flexibility index (Phi) is 12.2. The lowest BCUT2D eigenvalue weighted by Gasteiger charge is -2.23. The number of unbranched alkanes of at least 4 members (excludes halogenated alkanes) is 6. The van der Waals surface area contributed by atoms with Gasteiger partial charge in [0.15, 0.2) is 11.3 Å². The molecule has 0 saturated heterocycles. The van der Waals surface area contributed by atoms with Gasteiger partial charge >= 0.3 is 5.97 Å². The van der Waals surface area contributed by atoms with E-state index in [-0.39, 0.29) is 5.69 Å². The number of aryl methyl sites for hydroxylation is 2. The van der Waals surface area contributed by atoms with Crippen molar-refractivity contribution >= 4 is 23.4 Å². The minimum Gasteiger partial charge on any atom is -0.497 e. The number of carbonyl (C=O) groups is 1. The molecule has 8 heteroatoms. The first kappa shape index (κ1) is 33.8. The molecule has 0 spiro atoms. The fourth-order valence-corrected chi connectivity index (χ4v) is 5.72. The van der Waals surface area contributed by atoms with Crippen LogP contribution in [-0.4, -0.2) is 54.5 Å². The molecule has 0 aliphatic carbocycles. The molecule has 0 N–H and O–H groups in total. The van der Waals surface area contributed by atoms with Gasteiger partial charge in [-0.15, -0.1) is 0 Å². The number of anilines is 1. The molecule has 8 nitrogen and oxygen atoms in total. The molecule has 242 valence electrons. The van der Waals surface area contributed by atoms with E-state index in [9.17, 15) is 4.79 Å². The van der Waals surface area contributed by atoms with E-state index in [2.05, 4.69) is 56.9 Å². The third-order valence-corrected chi connectivity index (χ3v) is 8.41. The molecular formula is C37H50N4O4. The molecule has 45 heavy (non-hydrogen) atoms. The number of rotatable bonds is 17. The van der Waals surface area contributed by atoms with Crippen LogP contribution in [0.5, 0.6) is 11.5 Å². The second-order valence-corrected chi connectivity index (χ2v) is 11.6. The standard InChI is InChI=1S/C37H50N4O4/c1-8-11-13-14-15-16-22-45-37(42)35-34(31-25-30(43-6)19-20-33(31)44-7)36-38-27(5)32(41(36)39-35)24-28-17-18-29(23-26(28)4)40(10-3)21-12-9-2/h17-20,23-25H,8-16,21-22H2,1-7H3/b32-24-. The van der Waals surface area contributed by atoms with Crippen molar-refractivity contribution in [1.29, 1.82) is 0 Å². The van der Waals surface area contributed by atoms with Crippen LogP contribution < -0.4 is 19.7 Å². The van der Waals surface area contributed by atoms with Gasteiger partial charge in [0.05, 0.1) is 37.4 Å². The first-order chi connectivity index (χ1) is 21.9. The van der Waals surface area contributed by atoms with Crippen molar-refractivity contribution < 1.29 is 19.0 Å². The molecule has 0 radical (unpaired) electrons. The van der Waals surface area contributed by atoms with Crippen LogP contribution in [0.1, 0.15) is 99.4 Å². The highest BCUT2D eigenvalue weighted by Crippen LogP contribution is 2.38. The number of carbonyl (C=O) groups excluding carboxylic acids is 1. The molecule has 0 fully saturated rings. The maximum Gasteiger partial charge on any atom is 0.359 e. The van der Waals surface area contributed by atoms with Gasteiger partial charge in [-0.1, -0.05) is 58.4 Å². The Morgan fingerprint density at radius 2 is 1.67 bits per heavy atom. The molecule has 2 heterocycles. The average Bonchev–Trinajstić information content (AvgIpc) is 3.56. The molecule has 0 atom stereocenters. The van der Waals surface area contributed by atoms with Gasteiger partial charge < -0.3 is 19.1 Å². The lowest BCUT2D eigenvalue weighted by molar-refractivity contribution is 0.0491. The second kappa shape index (κ2) is 16.3. The highest BCUT2D eigenvalue weighted by atomic mass is 16.5. The van der Waals surface area contributed by atoms with Gasteiger partial charge in [0.25, 0.3) is 0 Å². The lowest BCUT2D eigenvalue weighted by atomic mass is 10.0. The number of fused-ring (bicyclic) bond motifs is 1. The molecule has 0 aliphatic heterocycles. The van der Waals surface area contributed by atoms with Crippen LogP contribution >= 0.6 is 0 Å². The Balaban J connectivity index is 1.77. The van der Waals surface area contributed by atoms with Gasteiger partial charge in [0, 0.05) is 24.3 Å². The summed E-state index contributed by atoms with van der Waals surface area (Å²) in [7, 11) is 3.23. The maximum atomic E-state index is 13.6. The Hall–Kier alpha value is -4.07. The van der Waals surface area contributed by atoms with Crippen molar-refractivity contribution in [2.24, 2.45) is 0 Å². The summed E-state index contributed by atoms with van der Waals surface area (Å²) in [6.45, 7) is 13.1. The molecule has 2 aromatic heterocycles. The van der Waals surface area contributed by atoms with E-state index in [1.165, 1.54) is 37.8 Å². The summed E-state index contributed by atoms with van der Waals surface area (Å²) >= 11 is 0. The van der Waals surface area contributed by atoms with E-state index < -0.39 is 5.97 Å². The fourth-order valence-electron chi connectivity index (χ4n) is 5.72. The van der Waals surface area contributed by atoms with E-state index in [1.54, 1.807) is 18.7 Å². The largest absolute Gasteiger partial charge is 0.497 e. The predicted octanol–water partition coefficient (Wildman–Crippen LogP) is 7.72. The van der Waals surface area contributed by atoms with Gasteiger partial charge in [0.1, 0.15) is 11.5 Å². The van der Waals surface area contributed by atoms with Gasteiger partial charge in [-0.25, -0.2) is 14.3 Å². The fraction of sp³-hybridized carbons (Fsp3) is 0.486. The van der Waals surface area contributed by atoms with Crippen LogP contribution in [-0.2, 0) is 4.74 Å². The predicted molar refractivity (Wildman–Crippen MR) is 183 cm³/mol. The topological polar surface area (TPSA) is 78.2 Å². The van der Waals surface area contributed by atoms with Gasteiger partial charge in [0.2, 0.25) is 0 Å². The second-order valence-electron chi connectivity index (χ2n) is 11.6. The summed E-state index contributed by atoms with van der Waals surface area (Å²) in [6, 6.07) is 12.1. The minimum absolute atomic E-state index is 0.214. The van der Waals surface area contributed by atoms with Gasteiger partial charge in [-0.05, 0) is 81.1 Å². The van der Waals surface area contributed by atoms with E-state index in [4.69, 9.17) is 24.3 Å². The summed E-state index contributed by atoms with van der Waals surface area (Å²) in [6.07, 6.45) is 11.1. The number of ether oxygens (including phenoxy) is 3. The Morgan fingerprint density at radius 3 is 2.36 bits per heavy atom. The van der Waals surface area contributed by atoms with Crippen LogP contribution in [0.3, 0.4) is 0 Å². The van der Waals surface area contributed by atoms with Crippen LogP contribution in [0, 0.1) is 13.8 Å². The van der Waals surface area contributed by atoms with Gasteiger partial charge in [-0.2, -0.15) is 5.10 Å². The molecule has 0 unspecified atom stereocenters. The minimum atomic E-state index is -0.468. The Labute approximate surface area is 268 Å². The number of nitrogens with zero attached hydrogens (tertiary/aromatic N) is 4. The molecule has 4 aromatic rings. The van der Waals surface area contributed by atoms with Crippen molar-refractivity contribution in [3.05, 3.63) is 64.3 Å². The molecule has 0 aliphatic rings.